The Morgan fingerprint density at radius 3 is 2.44 bits per heavy atom. The molecule has 1 atom stereocenters. The molecule has 1 N–H and O–H groups in total. The Kier molecular flexibility index (Phi) is 6.24. The summed E-state index contributed by atoms with van der Waals surface area (Å²) in [4.78, 5) is 15.1. The Labute approximate surface area is 192 Å². The minimum absolute atomic E-state index is 0.000566. The van der Waals surface area contributed by atoms with Crippen LogP contribution in [-0.4, -0.2) is 27.5 Å². The number of benzene rings is 3. The van der Waals surface area contributed by atoms with Crippen LogP contribution in [0, 0.1) is 0 Å². The van der Waals surface area contributed by atoms with Gasteiger partial charge in [0.15, 0.2) is 0 Å². The average molecular weight is 471 g/mol. The van der Waals surface area contributed by atoms with Crippen LogP contribution >= 0.6 is 11.6 Å². The lowest BCUT2D eigenvalue weighted by Gasteiger charge is -2.23. The summed E-state index contributed by atoms with van der Waals surface area (Å²) in [5, 5.41) is 0.471. The van der Waals surface area contributed by atoms with Crippen LogP contribution in [0.15, 0.2) is 71.6 Å². The van der Waals surface area contributed by atoms with Crippen molar-refractivity contribution in [2.45, 2.75) is 30.8 Å². The Hall–Kier alpha value is -2.87. The number of carbonyl (C=O) groups is 1. The Morgan fingerprint density at radius 1 is 1.09 bits per heavy atom. The molecule has 0 aromatic heterocycles. The van der Waals surface area contributed by atoms with Crippen LogP contribution in [0.3, 0.4) is 0 Å². The van der Waals surface area contributed by atoms with E-state index in [1.54, 1.807) is 36.3 Å². The molecule has 32 heavy (non-hydrogen) atoms. The zero-order valence-corrected chi connectivity index (χ0v) is 19.3. The third kappa shape index (κ3) is 4.50. The van der Waals surface area contributed by atoms with E-state index < -0.39 is 10.0 Å². The molecule has 1 aliphatic heterocycles. The number of hydrogen-bond donors (Lipinski definition) is 1. The lowest BCUT2D eigenvalue weighted by Crippen LogP contribution is -2.35. The summed E-state index contributed by atoms with van der Waals surface area (Å²) < 4.78 is 33.0. The second kappa shape index (κ2) is 8.94. The monoisotopic (exact) mass is 470 g/mol. The van der Waals surface area contributed by atoms with Gasteiger partial charge in [-0.3, -0.25) is 4.79 Å². The minimum atomic E-state index is -3.68. The van der Waals surface area contributed by atoms with Crippen LogP contribution in [0.5, 0.6) is 5.75 Å². The molecule has 0 bridgehead atoms. The molecular formula is C24H23ClN2O4S. The first-order chi connectivity index (χ1) is 15.3. The smallest absolute Gasteiger partial charge is 0.258 e. The number of anilines is 1. The van der Waals surface area contributed by atoms with Crippen molar-refractivity contribution < 1.29 is 17.9 Å². The van der Waals surface area contributed by atoms with Crippen LogP contribution in [0.4, 0.5) is 5.69 Å². The van der Waals surface area contributed by atoms with Gasteiger partial charge >= 0.3 is 0 Å². The number of carbonyl (C=O) groups excluding carboxylic acids is 1. The Morgan fingerprint density at radius 2 is 1.78 bits per heavy atom. The first-order valence-electron chi connectivity index (χ1n) is 10.1. The van der Waals surface area contributed by atoms with E-state index in [0.717, 1.165) is 23.2 Å². The average Bonchev–Trinajstić information content (AvgIpc) is 3.12. The maximum absolute atomic E-state index is 13.2. The number of halogens is 1. The maximum Gasteiger partial charge on any atom is 0.258 e. The van der Waals surface area contributed by atoms with Gasteiger partial charge in [-0.15, -0.1) is 0 Å². The summed E-state index contributed by atoms with van der Waals surface area (Å²) in [6.07, 6.45) is 0.744. The number of rotatable bonds is 6. The predicted octanol–water partition coefficient (Wildman–Crippen LogP) is 4.42. The highest BCUT2D eigenvalue weighted by Gasteiger charge is 2.31. The number of sulfonamides is 1. The molecule has 1 heterocycles. The molecule has 1 amide bonds. The van der Waals surface area contributed by atoms with E-state index >= 15 is 0 Å². The highest BCUT2D eigenvalue weighted by Crippen LogP contribution is 2.34. The highest BCUT2D eigenvalue weighted by atomic mass is 35.5. The van der Waals surface area contributed by atoms with Crippen molar-refractivity contribution in [3.63, 3.8) is 0 Å². The molecule has 0 saturated carbocycles. The number of nitrogens with one attached hydrogen (secondary N) is 1. The Balaban J connectivity index is 1.55. The number of amides is 1. The lowest BCUT2D eigenvalue weighted by molar-refractivity contribution is 0.0981. The quantitative estimate of drug-likeness (QED) is 0.578. The van der Waals surface area contributed by atoms with Gasteiger partial charge in [0.1, 0.15) is 5.75 Å². The first kappa shape index (κ1) is 22.3. The van der Waals surface area contributed by atoms with Crippen LogP contribution in [0.1, 0.15) is 28.4 Å². The van der Waals surface area contributed by atoms with Crippen molar-refractivity contribution >= 4 is 33.2 Å². The fourth-order valence-electron chi connectivity index (χ4n) is 3.82. The van der Waals surface area contributed by atoms with Gasteiger partial charge in [0.2, 0.25) is 10.0 Å². The molecule has 4 rings (SSSR count). The fraction of sp³-hybridized carbons (Fsp3) is 0.208. The van der Waals surface area contributed by atoms with Crippen LogP contribution in [-0.2, 0) is 23.0 Å². The van der Waals surface area contributed by atoms with Gasteiger partial charge in [0, 0.05) is 28.9 Å². The van der Waals surface area contributed by atoms with Crippen molar-refractivity contribution in [1.29, 1.82) is 0 Å². The Bertz CT molecular complexity index is 1240. The van der Waals surface area contributed by atoms with Gasteiger partial charge < -0.3 is 9.64 Å². The van der Waals surface area contributed by atoms with Gasteiger partial charge in [-0.25, -0.2) is 13.1 Å². The van der Waals surface area contributed by atoms with E-state index in [0.29, 0.717) is 16.3 Å². The van der Waals surface area contributed by atoms with E-state index in [4.69, 9.17) is 16.3 Å². The molecule has 3 aromatic carbocycles. The molecule has 6 nitrogen and oxygen atoms in total. The molecule has 1 aliphatic rings. The molecule has 8 heteroatoms. The standard InChI is InChI=1S/C24H23ClN2O4S/c1-16-13-19-4-3-17(15-26-32(29,30)22-11-7-20(25)8-12-22)14-23(19)27(16)24(28)18-5-9-21(31-2)10-6-18/h3-12,14,16,26H,13,15H2,1-2H3/t16-/m1/s1. The molecule has 0 radical (unpaired) electrons. The van der Waals surface area contributed by atoms with Crippen molar-refractivity contribution in [1.82, 2.24) is 4.72 Å². The number of ether oxygens (including phenoxy) is 1. The maximum atomic E-state index is 13.2. The van der Waals surface area contributed by atoms with Gasteiger partial charge in [0.05, 0.1) is 12.0 Å². The van der Waals surface area contributed by atoms with Gasteiger partial charge in [-0.05, 0) is 79.1 Å². The summed E-state index contributed by atoms with van der Waals surface area (Å²) in [6, 6.07) is 18.7. The highest BCUT2D eigenvalue weighted by molar-refractivity contribution is 7.89. The fourth-order valence-corrected chi connectivity index (χ4v) is 4.96. The van der Waals surface area contributed by atoms with Crippen molar-refractivity contribution in [3.8, 4) is 5.75 Å². The number of methoxy groups -OCH3 is 1. The number of hydrogen-bond acceptors (Lipinski definition) is 4. The minimum Gasteiger partial charge on any atom is -0.497 e. The molecular weight excluding hydrogens is 448 g/mol. The predicted molar refractivity (Wildman–Crippen MR) is 125 cm³/mol. The van der Waals surface area contributed by atoms with Crippen LogP contribution < -0.4 is 14.4 Å². The third-order valence-corrected chi connectivity index (χ3v) is 7.18. The molecule has 166 valence electrons. The molecule has 0 unspecified atom stereocenters. The van der Waals surface area contributed by atoms with Crippen molar-refractivity contribution in [3.05, 3.63) is 88.4 Å². The number of nitrogens with zero attached hydrogens (tertiary/aromatic N) is 1. The van der Waals surface area contributed by atoms with E-state index in [-0.39, 0.29) is 23.4 Å². The van der Waals surface area contributed by atoms with E-state index in [1.807, 2.05) is 25.1 Å². The summed E-state index contributed by atoms with van der Waals surface area (Å²) in [5.74, 6) is 0.587. The largest absolute Gasteiger partial charge is 0.497 e. The normalized spacial score (nSPS) is 15.5. The van der Waals surface area contributed by atoms with Crippen molar-refractivity contribution in [2.24, 2.45) is 0 Å². The second-order valence-corrected chi connectivity index (χ2v) is 9.90. The molecule has 3 aromatic rings. The summed E-state index contributed by atoms with van der Waals surface area (Å²) >= 11 is 5.85. The summed E-state index contributed by atoms with van der Waals surface area (Å²) in [7, 11) is -2.10. The molecule has 0 saturated heterocycles. The molecule has 0 fully saturated rings. The van der Waals surface area contributed by atoms with Gasteiger partial charge in [-0.1, -0.05) is 23.7 Å². The van der Waals surface area contributed by atoms with Gasteiger partial charge in [0.25, 0.3) is 5.91 Å². The van der Waals surface area contributed by atoms with E-state index in [2.05, 4.69) is 4.72 Å². The molecule has 0 aliphatic carbocycles. The van der Waals surface area contributed by atoms with Gasteiger partial charge in [-0.2, -0.15) is 0 Å². The zero-order valence-electron chi connectivity index (χ0n) is 17.7. The molecule has 0 spiro atoms. The van der Waals surface area contributed by atoms with E-state index in [1.165, 1.54) is 24.3 Å². The summed E-state index contributed by atoms with van der Waals surface area (Å²) in [5.41, 5.74) is 3.20. The van der Waals surface area contributed by atoms with E-state index in [9.17, 15) is 13.2 Å². The second-order valence-electron chi connectivity index (χ2n) is 7.70. The number of fused-ring (bicyclic) bond motifs is 1. The summed E-state index contributed by atoms with van der Waals surface area (Å²) in [6.45, 7) is 2.11. The zero-order chi connectivity index (χ0) is 22.9. The third-order valence-electron chi connectivity index (χ3n) is 5.51. The van der Waals surface area contributed by atoms with Crippen molar-refractivity contribution in [2.75, 3.05) is 12.0 Å². The van der Waals surface area contributed by atoms with Crippen LogP contribution in [0.25, 0.3) is 0 Å². The first-order valence-corrected chi connectivity index (χ1v) is 12.0. The van der Waals surface area contributed by atoms with Crippen LogP contribution in [0.2, 0.25) is 5.02 Å². The lowest BCUT2D eigenvalue weighted by atomic mass is 10.1. The topological polar surface area (TPSA) is 75.7 Å². The SMILES string of the molecule is COc1ccc(C(=O)N2c3cc(CNS(=O)(=O)c4ccc(Cl)cc4)ccc3C[C@H]2C)cc1.